The van der Waals surface area contributed by atoms with Gasteiger partial charge < -0.3 is 15.4 Å². The van der Waals surface area contributed by atoms with Gasteiger partial charge in [0.2, 0.25) is 0 Å². The highest BCUT2D eigenvalue weighted by molar-refractivity contribution is 6.31. The smallest absolute Gasteiger partial charge is 0.343 e. The second-order valence-electron chi connectivity index (χ2n) is 7.30. The number of amidine groups is 1. The summed E-state index contributed by atoms with van der Waals surface area (Å²) in [6.45, 7) is 4.06. The van der Waals surface area contributed by atoms with E-state index in [-0.39, 0.29) is 18.0 Å². The van der Waals surface area contributed by atoms with E-state index in [9.17, 15) is 9.59 Å². The van der Waals surface area contributed by atoms with Crippen LogP contribution in [0, 0.1) is 0 Å². The molecule has 0 saturated heterocycles. The molecule has 0 unspecified atom stereocenters. The van der Waals surface area contributed by atoms with Gasteiger partial charge in [-0.05, 0) is 37.6 Å². The Hall–Kier alpha value is -3.91. The zero-order chi connectivity index (χ0) is 23.4. The van der Waals surface area contributed by atoms with Crippen LogP contribution in [0.3, 0.4) is 0 Å². The number of rotatable bonds is 5. The Bertz CT molecular complexity index is 1280. The highest BCUT2D eigenvalue weighted by Crippen LogP contribution is 2.30. The van der Waals surface area contributed by atoms with Gasteiger partial charge in [-0.25, -0.2) is 9.79 Å². The van der Waals surface area contributed by atoms with E-state index in [1.165, 1.54) is 6.20 Å². The summed E-state index contributed by atoms with van der Waals surface area (Å²) in [5.74, 6) is -0.927. The zero-order valence-corrected chi connectivity index (χ0v) is 18.9. The van der Waals surface area contributed by atoms with Gasteiger partial charge in [-0.15, -0.1) is 0 Å². The van der Waals surface area contributed by atoms with Crippen LogP contribution in [-0.4, -0.2) is 34.1 Å². The van der Waals surface area contributed by atoms with Gasteiger partial charge in [0.25, 0.3) is 5.91 Å². The molecule has 2 aromatic carbocycles. The van der Waals surface area contributed by atoms with E-state index in [1.54, 1.807) is 36.9 Å². The predicted molar refractivity (Wildman–Crippen MR) is 127 cm³/mol. The third-order valence-electron chi connectivity index (χ3n) is 4.97. The average Bonchev–Trinajstić information content (AvgIpc) is 3.20. The topological polar surface area (TPSA) is 97.6 Å². The molecule has 33 heavy (non-hydrogen) atoms. The molecule has 0 saturated carbocycles. The van der Waals surface area contributed by atoms with Crippen molar-refractivity contribution in [2.24, 2.45) is 4.99 Å². The lowest BCUT2D eigenvalue weighted by atomic mass is 10.1. The van der Waals surface area contributed by atoms with Crippen LogP contribution in [0.4, 0.5) is 11.4 Å². The lowest BCUT2D eigenvalue weighted by Gasteiger charge is -2.13. The van der Waals surface area contributed by atoms with Crippen molar-refractivity contribution >= 4 is 40.7 Å². The maximum atomic E-state index is 13.0. The fourth-order valence-electron chi connectivity index (χ4n) is 3.39. The van der Waals surface area contributed by atoms with Gasteiger partial charge in [-0.1, -0.05) is 41.9 Å². The number of ether oxygens (including phenoxy) is 1. The molecule has 0 fully saturated rings. The molecule has 0 radical (unpaired) electrons. The molecule has 2 heterocycles. The van der Waals surface area contributed by atoms with Gasteiger partial charge in [0, 0.05) is 16.9 Å². The molecule has 2 N–H and O–H groups in total. The second kappa shape index (κ2) is 9.70. The number of fused-ring (bicyclic) bond motifs is 1. The summed E-state index contributed by atoms with van der Waals surface area (Å²) in [5, 5.41) is 10.8. The number of hydrogen-bond acceptors (Lipinski definition) is 6. The fourth-order valence-corrected chi connectivity index (χ4v) is 3.58. The van der Waals surface area contributed by atoms with Gasteiger partial charge in [0.15, 0.2) is 0 Å². The van der Waals surface area contributed by atoms with Crippen LogP contribution < -0.4 is 10.6 Å². The first-order chi connectivity index (χ1) is 16.0. The van der Waals surface area contributed by atoms with Crippen LogP contribution in [-0.2, 0) is 16.1 Å². The van der Waals surface area contributed by atoms with Crippen LogP contribution in [0.5, 0.6) is 0 Å². The lowest BCUT2D eigenvalue weighted by Crippen LogP contribution is -2.35. The van der Waals surface area contributed by atoms with Crippen molar-refractivity contribution in [1.29, 1.82) is 0 Å². The van der Waals surface area contributed by atoms with Crippen molar-refractivity contribution in [2.45, 2.75) is 20.4 Å². The molecule has 3 aromatic rings. The number of esters is 1. The largest absolute Gasteiger partial charge is 0.462 e. The van der Waals surface area contributed by atoms with Crippen LogP contribution in [0.1, 0.15) is 29.8 Å². The number of amides is 1. The van der Waals surface area contributed by atoms with Crippen LogP contribution in [0.2, 0.25) is 5.02 Å². The minimum atomic E-state index is -0.580. The Morgan fingerprint density at radius 3 is 2.70 bits per heavy atom. The quantitative estimate of drug-likeness (QED) is 0.549. The van der Waals surface area contributed by atoms with E-state index >= 15 is 0 Å². The standard InChI is InChI=1S/C24H22ClN5O3/c1-3-33-24(32)21-15(2)27-19-10-6-7-11-20(19)28-22(21)29-23(31)17-12-26-30(14-17)13-16-8-4-5-9-18(16)25/h4-12,14,27H,3,13H2,1-2H3,(H,28,29,31). The van der Waals surface area contributed by atoms with Crippen molar-refractivity contribution < 1.29 is 14.3 Å². The first-order valence-corrected chi connectivity index (χ1v) is 10.7. The van der Waals surface area contributed by atoms with E-state index in [0.717, 1.165) is 5.56 Å². The van der Waals surface area contributed by atoms with Crippen LogP contribution >= 0.6 is 11.6 Å². The highest BCUT2D eigenvalue weighted by Gasteiger charge is 2.26. The number of nitrogens with zero attached hydrogens (tertiary/aromatic N) is 3. The summed E-state index contributed by atoms with van der Waals surface area (Å²) >= 11 is 6.22. The van der Waals surface area contributed by atoms with Gasteiger partial charge in [0.05, 0.1) is 36.3 Å². The Morgan fingerprint density at radius 2 is 1.91 bits per heavy atom. The number of carbonyl (C=O) groups is 2. The summed E-state index contributed by atoms with van der Waals surface area (Å²) in [7, 11) is 0. The molecule has 168 valence electrons. The number of allylic oxidation sites excluding steroid dienone is 1. The number of anilines is 1. The molecule has 1 aliphatic rings. The minimum absolute atomic E-state index is 0.104. The molecule has 1 aliphatic heterocycles. The third-order valence-corrected chi connectivity index (χ3v) is 5.34. The van der Waals surface area contributed by atoms with Crippen molar-refractivity contribution in [3.8, 4) is 0 Å². The summed E-state index contributed by atoms with van der Waals surface area (Å²) in [6.07, 6.45) is 3.07. The van der Waals surface area contributed by atoms with Crippen LogP contribution in [0.15, 0.2) is 77.2 Å². The van der Waals surface area contributed by atoms with Crippen molar-refractivity contribution in [3.05, 3.63) is 88.3 Å². The van der Waals surface area contributed by atoms with E-state index in [1.807, 2.05) is 36.4 Å². The van der Waals surface area contributed by atoms with Crippen molar-refractivity contribution in [3.63, 3.8) is 0 Å². The zero-order valence-electron chi connectivity index (χ0n) is 18.1. The third kappa shape index (κ3) is 4.96. The molecular formula is C24H22ClN5O3. The predicted octanol–water partition coefficient (Wildman–Crippen LogP) is 4.31. The molecule has 1 aromatic heterocycles. The lowest BCUT2D eigenvalue weighted by molar-refractivity contribution is -0.137. The highest BCUT2D eigenvalue weighted by atomic mass is 35.5. The number of aliphatic imine (C=N–C) groups is 1. The summed E-state index contributed by atoms with van der Waals surface area (Å²) in [5.41, 5.74) is 3.18. The van der Waals surface area contributed by atoms with Gasteiger partial charge in [-0.3, -0.25) is 9.48 Å². The van der Waals surface area contributed by atoms with E-state index in [2.05, 4.69) is 20.7 Å². The number of hydrogen-bond donors (Lipinski definition) is 2. The van der Waals surface area contributed by atoms with Gasteiger partial charge in [0.1, 0.15) is 11.4 Å². The number of benzene rings is 2. The average molecular weight is 464 g/mol. The van der Waals surface area contributed by atoms with Crippen molar-refractivity contribution in [2.75, 3.05) is 11.9 Å². The Morgan fingerprint density at radius 1 is 1.15 bits per heavy atom. The first kappa shape index (κ1) is 22.3. The van der Waals surface area contributed by atoms with E-state index < -0.39 is 11.9 Å². The number of aromatic nitrogens is 2. The fraction of sp³-hybridized carbons (Fsp3) is 0.167. The van der Waals surface area contributed by atoms with E-state index in [0.29, 0.717) is 34.2 Å². The molecule has 9 heteroatoms. The number of para-hydroxylation sites is 2. The maximum absolute atomic E-state index is 13.0. The molecule has 0 bridgehead atoms. The number of nitrogens with one attached hydrogen (secondary N) is 2. The molecule has 0 spiro atoms. The van der Waals surface area contributed by atoms with Crippen molar-refractivity contribution in [1.82, 2.24) is 15.1 Å². The summed E-state index contributed by atoms with van der Waals surface area (Å²) in [4.78, 5) is 30.3. The maximum Gasteiger partial charge on any atom is 0.343 e. The SMILES string of the molecule is CCOC(=O)C1=C(C)Nc2ccccc2N=C1NC(=O)c1cnn(Cc2ccccc2Cl)c1. The molecule has 1 amide bonds. The summed E-state index contributed by atoms with van der Waals surface area (Å²) in [6, 6.07) is 14.8. The second-order valence-corrected chi connectivity index (χ2v) is 7.70. The minimum Gasteiger partial charge on any atom is -0.462 e. The molecule has 0 aliphatic carbocycles. The number of halogens is 1. The van der Waals surface area contributed by atoms with Crippen LogP contribution in [0.25, 0.3) is 0 Å². The Kier molecular flexibility index (Phi) is 6.55. The Labute approximate surface area is 195 Å². The molecule has 0 atom stereocenters. The molecule has 8 nitrogen and oxygen atoms in total. The first-order valence-electron chi connectivity index (χ1n) is 10.4. The van der Waals surface area contributed by atoms with E-state index in [4.69, 9.17) is 16.3 Å². The molecular weight excluding hydrogens is 442 g/mol. The molecule has 4 rings (SSSR count). The number of carbonyl (C=O) groups excluding carboxylic acids is 2. The van der Waals surface area contributed by atoms with Gasteiger partial charge >= 0.3 is 5.97 Å². The Balaban J connectivity index is 1.62. The van der Waals surface area contributed by atoms with Gasteiger partial charge in [-0.2, -0.15) is 5.10 Å². The monoisotopic (exact) mass is 463 g/mol. The summed E-state index contributed by atoms with van der Waals surface area (Å²) < 4.78 is 6.83. The normalized spacial score (nSPS) is 12.9.